The largest absolute Gasteiger partial charge is 2.00 e. The van der Waals surface area contributed by atoms with Gasteiger partial charge >= 0.3 is 17.1 Å². The molecule has 0 aliphatic carbocycles. The first-order valence-electron chi connectivity index (χ1n) is 7.82. The molecule has 0 saturated heterocycles. The molecule has 0 atom stereocenters. The number of aromatic nitrogens is 2. The molecule has 1 radical (unpaired) electrons. The van der Waals surface area contributed by atoms with E-state index in [1.807, 2.05) is 48.5 Å². The maximum absolute atomic E-state index is 5.16. The van der Waals surface area contributed by atoms with Gasteiger partial charge in [-0.2, -0.15) is 0 Å². The molecule has 2 heterocycles. The standard InChI is InChI=1S/2C10H9NOS.Cu/c2*1-12-8-5-7-3-2-4-11-10(7)9(13)6-8;/h2*2-6,13H,1H3;/q;;+2/p-2. The summed E-state index contributed by atoms with van der Waals surface area (Å²) in [7, 11) is 3.26. The molecular weight excluding hydrogens is 428 g/mol. The van der Waals surface area contributed by atoms with Crippen LogP contribution in [0.15, 0.2) is 70.7 Å². The van der Waals surface area contributed by atoms with Gasteiger partial charge < -0.3 is 34.7 Å². The van der Waals surface area contributed by atoms with Crippen molar-refractivity contribution >= 4 is 47.1 Å². The summed E-state index contributed by atoms with van der Waals surface area (Å²) in [6.45, 7) is 0. The van der Waals surface area contributed by atoms with Crippen LogP contribution in [0, 0.1) is 0 Å². The number of hydrogen-bond donors (Lipinski definition) is 0. The topological polar surface area (TPSA) is 44.2 Å². The van der Waals surface area contributed by atoms with Crippen molar-refractivity contribution < 1.29 is 26.5 Å². The Labute approximate surface area is 179 Å². The van der Waals surface area contributed by atoms with Gasteiger partial charge in [0.15, 0.2) is 0 Å². The van der Waals surface area contributed by atoms with Crippen molar-refractivity contribution in [1.82, 2.24) is 9.97 Å². The van der Waals surface area contributed by atoms with E-state index >= 15 is 0 Å². The van der Waals surface area contributed by atoms with Crippen LogP contribution >= 0.6 is 0 Å². The average Bonchev–Trinajstić information content (AvgIpc) is 2.68. The van der Waals surface area contributed by atoms with Gasteiger partial charge in [-0.1, -0.05) is 12.1 Å². The summed E-state index contributed by atoms with van der Waals surface area (Å²) in [5.41, 5.74) is 1.72. The van der Waals surface area contributed by atoms with Crippen LogP contribution in [0.1, 0.15) is 0 Å². The van der Waals surface area contributed by atoms with Crippen molar-refractivity contribution in [1.29, 1.82) is 0 Å². The molecule has 4 rings (SSSR count). The van der Waals surface area contributed by atoms with E-state index in [4.69, 9.17) is 34.7 Å². The van der Waals surface area contributed by atoms with Gasteiger partial charge in [0.2, 0.25) is 0 Å². The van der Waals surface area contributed by atoms with Crippen LogP contribution in [0.4, 0.5) is 0 Å². The molecule has 0 bridgehead atoms. The van der Waals surface area contributed by atoms with Gasteiger partial charge in [-0.3, -0.25) is 9.97 Å². The summed E-state index contributed by atoms with van der Waals surface area (Å²) < 4.78 is 10.2. The number of hydrogen-bond acceptors (Lipinski definition) is 6. The molecular formula is C20H16CuN2O2S2. The zero-order valence-corrected chi connectivity index (χ0v) is 17.2. The summed E-state index contributed by atoms with van der Waals surface area (Å²) in [6.07, 6.45) is 3.48. The quantitative estimate of drug-likeness (QED) is 0.340. The summed E-state index contributed by atoms with van der Waals surface area (Å²) in [6, 6.07) is 15.2. The molecule has 0 aliphatic rings. The molecule has 2 aromatic heterocycles. The number of fused-ring (bicyclic) bond motifs is 2. The number of nitrogens with zero attached hydrogens (tertiary/aromatic N) is 2. The minimum Gasteiger partial charge on any atom is -0.778 e. The van der Waals surface area contributed by atoms with Crippen molar-refractivity contribution in [3.05, 3.63) is 60.9 Å². The Balaban J connectivity index is 0.000000187. The van der Waals surface area contributed by atoms with Gasteiger partial charge in [0, 0.05) is 23.2 Å². The molecule has 0 saturated carbocycles. The first-order valence-corrected chi connectivity index (χ1v) is 8.63. The minimum atomic E-state index is 0. The van der Waals surface area contributed by atoms with Gasteiger partial charge in [-0.05, 0) is 36.4 Å². The Morgan fingerprint density at radius 3 is 1.48 bits per heavy atom. The molecule has 0 N–H and O–H groups in total. The van der Waals surface area contributed by atoms with Crippen molar-refractivity contribution in [2.45, 2.75) is 9.79 Å². The molecule has 0 unspecified atom stereocenters. The second-order valence-electron chi connectivity index (χ2n) is 5.40. The van der Waals surface area contributed by atoms with E-state index in [0.717, 1.165) is 43.1 Å². The first-order chi connectivity index (χ1) is 12.6. The first kappa shape index (κ1) is 21.1. The summed E-state index contributed by atoms with van der Waals surface area (Å²) in [5, 5.41) is 2.04. The second kappa shape index (κ2) is 9.67. The third kappa shape index (κ3) is 4.96. The van der Waals surface area contributed by atoms with Crippen molar-refractivity contribution in [2.24, 2.45) is 0 Å². The van der Waals surface area contributed by atoms with Gasteiger partial charge in [0.05, 0.1) is 25.3 Å². The third-order valence-electron chi connectivity index (χ3n) is 3.76. The Morgan fingerprint density at radius 2 is 1.11 bits per heavy atom. The summed E-state index contributed by atoms with van der Waals surface area (Å²) in [4.78, 5) is 9.86. The zero-order valence-electron chi connectivity index (χ0n) is 14.6. The van der Waals surface area contributed by atoms with E-state index in [9.17, 15) is 0 Å². The molecule has 0 spiro atoms. The number of pyridine rings is 2. The van der Waals surface area contributed by atoms with E-state index in [1.54, 1.807) is 26.6 Å². The number of rotatable bonds is 2. The number of ether oxygens (including phenoxy) is 2. The molecule has 0 aliphatic heterocycles. The molecule has 0 fully saturated rings. The molecule has 4 aromatic rings. The molecule has 141 valence electrons. The van der Waals surface area contributed by atoms with Gasteiger partial charge in [-0.15, -0.1) is 9.79 Å². The fraction of sp³-hybridized carbons (Fsp3) is 0.100. The predicted molar refractivity (Wildman–Crippen MR) is 108 cm³/mol. The normalized spacial score (nSPS) is 9.85. The van der Waals surface area contributed by atoms with Crippen LogP contribution in [0.3, 0.4) is 0 Å². The fourth-order valence-corrected chi connectivity index (χ4v) is 3.07. The van der Waals surface area contributed by atoms with Crippen LogP contribution < -0.4 is 9.47 Å². The van der Waals surface area contributed by atoms with Crippen LogP contribution in [0.2, 0.25) is 0 Å². The van der Waals surface area contributed by atoms with Crippen molar-refractivity contribution in [3.8, 4) is 11.5 Å². The Bertz CT molecular complexity index is 975. The Hall–Kier alpha value is -2.18. The number of methoxy groups -OCH3 is 2. The number of benzene rings is 2. The third-order valence-corrected chi connectivity index (χ3v) is 4.38. The van der Waals surface area contributed by atoms with Crippen LogP contribution in [-0.2, 0) is 42.3 Å². The Kier molecular flexibility index (Phi) is 7.56. The minimum absolute atomic E-state index is 0. The van der Waals surface area contributed by atoms with Gasteiger partial charge in [-0.25, -0.2) is 0 Å². The van der Waals surface area contributed by atoms with Gasteiger partial charge in [0.25, 0.3) is 0 Å². The maximum Gasteiger partial charge on any atom is 2.00 e. The van der Waals surface area contributed by atoms with Crippen molar-refractivity contribution in [2.75, 3.05) is 14.2 Å². The van der Waals surface area contributed by atoms with Crippen LogP contribution in [0.5, 0.6) is 11.5 Å². The average molecular weight is 444 g/mol. The van der Waals surface area contributed by atoms with Crippen molar-refractivity contribution in [3.63, 3.8) is 0 Å². The second-order valence-corrected chi connectivity index (χ2v) is 6.28. The van der Waals surface area contributed by atoms with Crippen LogP contribution in [-0.4, -0.2) is 24.2 Å². The fourth-order valence-electron chi connectivity index (χ4n) is 2.50. The summed E-state index contributed by atoms with van der Waals surface area (Å²) in [5.74, 6) is 1.57. The SMILES string of the molecule is COc1cc([S-])c2ncccc2c1.COc1cc([S-])c2ncccc2c1.[Cu+2]. The van der Waals surface area contributed by atoms with E-state index in [0.29, 0.717) is 0 Å². The monoisotopic (exact) mass is 443 g/mol. The Morgan fingerprint density at radius 1 is 0.704 bits per heavy atom. The van der Waals surface area contributed by atoms with E-state index < -0.39 is 0 Å². The molecule has 7 heteroatoms. The molecule has 2 aromatic carbocycles. The molecule has 0 amide bonds. The smallest absolute Gasteiger partial charge is 0.778 e. The van der Waals surface area contributed by atoms with E-state index in [-0.39, 0.29) is 17.1 Å². The maximum atomic E-state index is 5.16. The van der Waals surface area contributed by atoms with Gasteiger partial charge in [0.1, 0.15) is 11.5 Å². The molecule has 27 heavy (non-hydrogen) atoms. The zero-order chi connectivity index (χ0) is 18.5. The molecule has 4 nitrogen and oxygen atoms in total. The van der Waals surface area contributed by atoms with E-state index in [1.165, 1.54) is 0 Å². The van der Waals surface area contributed by atoms with Crippen LogP contribution in [0.25, 0.3) is 21.8 Å². The predicted octanol–water partition coefficient (Wildman–Crippen LogP) is 4.30. The van der Waals surface area contributed by atoms with E-state index in [2.05, 4.69) is 9.97 Å². The summed E-state index contributed by atoms with van der Waals surface area (Å²) >= 11 is 10.3.